The second-order valence-electron chi connectivity index (χ2n) is 6.73. The molecule has 2 fully saturated rings. The van der Waals surface area contributed by atoms with Gasteiger partial charge >= 0.3 is 0 Å². The fraction of sp³-hybridized carbons (Fsp3) is 0.938. The summed E-state index contributed by atoms with van der Waals surface area (Å²) >= 11 is 0. The lowest BCUT2D eigenvalue weighted by Crippen LogP contribution is -2.58. The van der Waals surface area contributed by atoms with Crippen LogP contribution in [0.2, 0.25) is 0 Å². The van der Waals surface area contributed by atoms with Crippen LogP contribution in [-0.2, 0) is 23.7 Å². The van der Waals surface area contributed by atoms with Crippen LogP contribution in [0.5, 0.6) is 0 Å². The Hall–Kier alpha value is -0.970. The van der Waals surface area contributed by atoms with Gasteiger partial charge in [0.05, 0.1) is 19.8 Å². The summed E-state index contributed by atoms with van der Waals surface area (Å²) in [5.74, 6) is -2.87. The van der Waals surface area contributed by atoms with E-state index in [2.05, 4.69) is 5.32 Å². The van der Waals surface area contributed by atoms with Crippen molar-refractivity contribution in [2.24, 2.45) is 0 Å². The van der Waals surface area contributed by atoms with Gasteiger partial charge in [0.25, 0.3) is 5.91 Å². The third-order valence-corrected chi connectivity index (χ3v) is 4.72. The first-order valence-corrected chi connectivity index (χ1v) is 9.21. The lowest BCUT2D eigenvalue weighted by atomic mass is 10.0. The number of fused-ring (bicyclic) bond motifs is 1. The van der Waals surface area contributed by atoms with Crippen LogP contribution in [0.3, 0.4) is 0 Å². The Morgan fingerprint density at radius 1 is 1.28 bits per heavy atom. The number of amides is 1. The van der Waals surface area contributed by atoms with Gasteiger partial charge in [-0.2, -0.15) is 0 Å². The molecule has 13 nitrogen and oxygen atoms in total. The number of aliphatic hydroxyl groups excluding tert-OH is 6. The molecule has 0 radical (unpaired) electrons. The highest BCUT2D eigenvalue weighted by molar-refractivity contribution is 5.81. The van der Waals surface area contributed by atoms with Crippen LogP contribution in [0.4, 0.5) is 0 Å². The van der Waals surface area contributed by atoms with E-state index in [0.717, 1.165) is 0 Å². The van der Waals surface area contributed by atoms with E-state index >= 15 is 0 Å². The maximum Gasteiger partial charge on any atom is 0.251 e. The second kappa shape index (κ2) is 10.4. The van der Waals surface area contributed by atoms with Crippen LogP contribution in [0.15, 0.2) is 0 Å². The minimum absolute atomic E-state index is 0.0603. The maximum absolute atomic E-state index is 12.0. The van der Waals surface area contributed by atoms with Crippen molar-refractivity contribution in [3.05, 3.63) is 0 Å². The normalized spacial score (nSPS) is 35.3. The van der Waals surface area contributed by atoms with Crippen LogP contribution >= 0.6 is 0 Å². The van der Waals surface area contributed by atoms with Crippen molar-refractivity contribution in [3.8, 4) is 0 Å². The molecule has 2 rings (SSSR count). The summed E-state index contributed by atoms with van der Waals surface area (Å²) in [6.07, 6.45) is -13.2. The number of hydrogen-bond donors (Lipinski definition) is 8. The number of carbonyl (C=O) groups excluding carboxylic acids is 1. The molecule has 13 heteroatoms. The van der Waals surface area contributed by atoms with E-state index in [9.17, 15) is 40.5 Å². The number of aliphatic hydroxyl groups is 7. The third-order valence-electron chi connectivity index (χ3n) is 4.72. The van der Waals surface area contributed by atoms with E-state index < -0.39 is 73.9 Å². The molecular formula is C16H29NO12. The van der Waals surface area contributed by atoms with Gasteiger partial charge in [0.2, 0.25) is 5.79 Å². The highest BCUT2D eigenvalue weighted by atomic mass is 16.8. The molecule has 0 bridgehead atoms. The first kappa shape index (κ1) is 24.3. The molecule has 2 aliphatic rings. The van der Waals surface area contributed by atoms with Crippen LogP contribution in [-0.4, -0.2) is 129 Å². The molecule has 0 spiro atoms. The van der Waals surface area contributed by atoms with Gasteiger partial charge in [-0.25, -0.2) is 0 Å². The molecule has 0 aromatic rings. The summed E-state index contributed by atoms with van der Waals surface area (Å²) in [6, 6.07) is 0. The summed E-state index contributed by atoms with van der Waals surface area (Å²) < 4.78 is 20.5. The molecular weight excluding hydrogens is 398 g/mol. The van der Waals surface area contributed by atoms with Gasteiger partial charge in [0.15, 0.2) is 12.4 Å². The zero-order valence-electron chi connectivity index (χ0n) is 15.8. The zero-order chi connectivity index (χ0) is 21.8. The molecule has 2 aliphatic heterocycles. The largest absolute Gasteiger partial charge is 0.394 e. The third kappa shape index (κ3) is 5.39. The summed E-state index contributed by atoms with van der Waals surface area (Å²) in [4.78, 5) is 12.0. The quantitative estimate of drug-likeness (QED) is 0.108. The van der Waals surface area contributed by atoms with Crippen molar-refractivity contribution in [2.45, 2.75) is 61.7 Å². The van der Waals surface area contributed by atoms with Crippen LogP contribution in [0, 0.1) is 0 Å². The Kier molecular flexibility index (Phi) is 8.69. The zero-order valence-corrected chi connectivity index (χ0v) is 15.8. The monoisotopic (exact) mass is 427 g/mol. The average molecular weight is 427 g/mol. The predicted molar refractivity (Wildman–Crippen MR) is 91.1 cm³/mol. The molecule has 6 unspecified atom stereocenters. The Morgan fingerprint density at radius 3 is 2.55 bits per heavy atom. The molecule has 0 aromatic carbocycles. The smallest absolute Gasteiger partial charge is 0.251 e. The highest BCUT2D eigenvalue weighted by Gasteiger charge is 2.70. The number of carbonyl (C=O) groups is 1. The van der Waals surface area contributed by atoms with Gasteiger partial charge in [0.1, 0.15) is 36.6 Å². The van der Waals surface area contributed by atoms with Crippen molar-refractivity contribution in [1.82, 2.24) is 5.32 Å². The van der Waals surface area contributed by atoms with Crippen molar-refractivity contribution in [2.75, 3.05) is 33.0 Å². The number of hydrogen-bond acceptors (Lipinski definition) is 12. The minimum Gasteiger partial charge on any atom is -0.394 e. The summed E-state index contributed by atoms with van der Waals surface area (Å²) in [6.45, 7) is 0.841. The molecule has 29 heavy (non-hydrogen) atoms. The van der Waals surface area contributed by atoms with E-state index in [4.69, 9.17) is 18.9 Å². The lowest BCUT2D eigenvalue weighted by molar-refractivity contribution is -0.301. The fourth-order valence-corrected chi connectivity index (χ4v) is 3.00. The molecule has 2 saturated heterocycles. The first-order valence-electron chi connectivity index (χ1n) is 9.21. The maximum atomic E-state index is 12.0. The number of ether oxygens (including phenoxy) is 4. The molecule has 8 N–H and O–H groups in total. The second-order valence-corrected chi connectivity index (χ2v) is 6.73. The van der Waals surface area contributed by atoms with Gasteiger partial charge in [-0.15, -0.1) is 0 Å². The van der Waals surface area contributed by atoms with E-state index in [1.165, 1.54) is 0 Å². The topological polar surface area (TPSA) is 211 Å². The number of rotatable bonds is 12. The Bertz CT molecular complexity index is 538. The lowest BCUT2D eigenvalue weighted by Gasteiger charge is -2.37. The number of epoxide rings is 1. The molecule has 0 saturated carbocycles. The van der Waals surface area contributed by atoms with Crippen LogP contribution < -0.4 is 5.32 Å². The summed E-state index contributed by atoms with van der Waals surface area (Å²) in [7, 11) is 0. The average Bonchev–Trinajstić information content (AvgIpc) is 3.42. The SMILES string of the molecule is CCOCCNC(=O)C(O)C(O)C(O[C@@H]1OC(CO)[C@]2(O)OC2[C@H]1O)C(O)CO. The minimum atomic E-state index is -2.05. The van der Waals surface area contributed by atoms with E-state index in [-0.39, 0.29) is 13.2 Å². The first-order chi connectivity index (χ1) is 13.7. The Labute approximate surface area is 166 Å². The fourth-order valence-electron chi connectivity index (χ4n) is 3.00. The molecule has 170 valence electrons. The number of nitrogens with one attached hydrogen (secondary N) is 1. The standard InChI is InChI=1S/C16H29NO12/c1-2-26-4-3-17-14(24)10(22)9(21)12(7(20)5-18)28-15-11(23)13-16(25,29-13)8(6-19)27-15/h7-13,15,18-23,25H,2-6H2,1H3,(H,17,24)/t7?,8?,9?,10?,11-,12?,13?,15+,16+/m1/s1. The van der Waals surface area contributed by atoms with Gasteiger partial charge in [-0.3, -0.25) is 4.79 Å². The molecule has 1 amide bonds. The van der Waals surface area contributed by atoms with Crippen molar-refractivity contribution in [1.29, 1.82) is 0 Å². The summed E-state index contributed by atoms with van der Waals surface area (Å²) in [5.41, 5.74) is 0. The van der Waals surface area contributed by atoms with Gasteiger partial charge in [0, 0.05) is 13.2 Å². The van der Waals surface area contributed by atoms with E-state index in [0.29, 0.717) is 6.61 Å². The van der Waals surface area contributed by atoms with Crippen molar-refractivity contribution >= 4 is 5.91 Å². The van der Waals surface area contributed by atoms with Crippen molar-refractivity contribution < 1.29 is 59.5 Å². The van der Waals surface area contributed by atoms with Crippen LogP contribution in [0.1, 0.15) is 6.92 Å². The van der Waals surface area contributed by atoms with Gasteiger partial charge in [-0.05, 0) is 6.92 Å². The van der Waals surface area contributed by atoms with E-state index in [1.54, 1.807) is 6.92 Å². The predicted octanol–water partition coefficient (Wildman–Crippen LogP) is -5.24. The highest BCUT2D eigenvalue weighted by Crippen LogP contribution is 2.46. The van der Waals surface area contributed by atoms with Crippen molar-refractivity contribution in [3.63, 3.8) is 0 Å². The molecule has 0 aliphatic carbocycles. The molecule has 0 aromatic heterocycles. The Morgan fingerprint density at radius 2 is 1.97 bits per heavy atom. The van der Waals surface area contributed by atoms with Crippen LogP contribution in [0.25, 0.3) is 0 Å². The van der Waals surface area contributed by atoms with E-state index in [1.807, 2.05) is 0 Å². The molecule has 9 atom stereocenters. The summed E-state index contributed by atoms with van der Waals surface area (Å²) in [5, 5.41) is 71.4. The van der Waals surface area contributed by atoms with Gasteiger partial charge < -0.3 is 60.0 Å². The Balaban J connectivity index is 2.02. The molecule has 2 heterocycles. The van der Waals surface area contributed by atoms with Gasteiger partial charge in [-0.1, -0.05) is 0 Å².